The van der Waals surface area contributed by atoms with E-state index in [2.05, 4.69) is 58.9 Å². The summed E-state index contributed by atoms with van der Waals surface area (Å²) in [5.74, 6) is 0. The van der Waals surface area contributed by atoms with Gasteiger partial charge in [0.2, 0.25) is 0 Å². The Morgan fingerprint density at radius 2 is 1.81 bits per heavy atom. The Labute approximate surface area is 159 Å². The summed E-state index contributed by atoms with van der Waals surface area (Å²) in [6, 6.07) is 10.5. The normalized spacial score (nSPS) is 10.8. The molecule has 6 nitrogen and oxygen atoms in total. The lowest BCUT2D eigenvalue weighted by Gasteiger charge is -2.10. The van der Waals surface area contributed by atoms with E-state index >= 15 is 0 Å². The molecule has 0 saturated carbocycles. The van der Waals surface area contributed by atoms with Crippen LogP contribution in [0.3, 0.4) is 0 Å². The van der Waals surface area contributed by atoms with E-state index in [9.17, 15) is 0 Å². The maximum Gasteiger partial charge on any atom is 0.171 e. The van der Waals surface area contributed by atoms with E-state index in [4.69, 9.17) is 12.2 Å². The van der Waals surface area contributed by atoms with Gasteiger partial charge in [-0.2, -0.15) is 10.2 Å². The van der Waals surface area contributed by atoms with Crippen molar-refractivity contribution >= 4 is 23.0 Å². The Kier molecular flexibility index (Phi) is 5.37. The lowest BCUT2D eigenvalue weighted by atomic mass is 10.1. The van der Waals surface area contributed by atoms with E-state index in [1.54, 1.807) is 4.68 Å². The van der Waals surface area contributed by atoms with Gasteiger partial charge in [0.15, 0.2) is 5.11 Å². The molecule has 0 radical (unpaired) electrons. The van der Waals surface area contributed by atoms with Crippen molar-refractivity contribution in [2.45, 2.75) is 33.9 Å². The standard InChI is InChI=1S/C19H24N6S/c1-13-5-7-16(8-6-13)12-25-15(3)18(14(2)22-25)21-19(26)20-11-17-9-10-24(4)23-17/h5-10H,11-12H2,1-4H3,(H2,20,21,26). The monoisotopic (exact) mass is 368 g/mol. The highest BCUT2D eigenvalue weighted by molar-refractivity contribution is 7.80. The van der Waals surface area contributed by atoms with Gasteiger partial charge in [0, 0.05) is 13.2 Å². The van der Waals surface area contributed by atoms with Crippen molar-refractivity contribution in [3.63, 3.8) is 0 Å². The van der Waals surface area contributed by atoms with E-state index in [-0.39, 0.29) is 0 Å². The number of thiocarbonyl (C=S) groups is 1. The van der Waals surface area contributed by atoms with Gasteiger partial charge in [0.05, 0.1) is 35.9 Å². The predicted octanol–water partition coefficient (Wildman–Crippen LogP) is 3.08. The fourth-order valence-electron chi connectivity index (χ4n) is 2.78. The molecule has 0 amide bonds. The summed E-state index contributed by atoms with van der Waals surface area (Å²) in [6.45, 7) is 7.46. The van der Waals surface area contributed by atoms with E-state index < -0.39 is 0 Å². The fourth-order valence-corrected chi connectivity index (χ4v) is 2.96. The summed E-state index contributed by atoms with van der Waals surface area (Å²) in [5.41, 5.74) is 6.37. The minimum atomic E-state index is 0.566. The molecule has 0 saturated heterocycles. The zero-order valence-electron chi connectivity index (χ0n) is 15.6. The number of nitrogens with one attached hydrogen (secondary N) is 2. The first-order valence-corrected chi connectivity index (χ1v) is 8.96. The van der Waals surface area contributed by atoms with E-state index in [1.165, 1.54) is 11.1 Å². The van der Waals surface area contributed by atoms with Gasteiger partial charge in [-0.05, 0) is 44.6 Å². The Morgan fingerprint density at radius 1 is 1.08 bits per heavy atom. The van der Waals surface area contributed by atoms with Crippen LogP contribution in [0.15, 0.2) is 36.5 Å². The number of nitrogens with zero attached hydrogens (tertiary/aromatic N) is 4. The first-order chi connectivity index (χ1) is 12.4. The highest BCUT2D eigenvalue weighted by atomic mass is 32.1. The second-order valence-electron chi connectivity index (χ2n) is 6.48. The van der Waals surface area contributed by atoms with Crippen molar-refractivity contribution in [2.24, 2.45) is 7.05 Å². The highest BCUT2D eigenvalue weighted by Crippen LogP contribution is 2.20. The van der Waals surface area contributed by atoms with Crippen molar-refractivity contribution in [3.8, 4) is 0 Å². The summed E-state index contributed by atoms with van der Waals surface area (Å²) in [6.07, 6.45) is 1.91. The van der Waals surface area contributed by atoms with Crippen molar-refractivity contribution in [2.75, 3.05) is 5.32 Å². The highest BCUT2D eigenvalue weighted by Gasteiger charge is 2.13. The van der Waals surface area contributed by atoms with Gasteiger partial charge in [0.25, 0.3) is 0 Å². The largest absolute Gasteiger partial charge is 0.357 e. The zero-order valence-corrected chi connectivity index (χ0v) is 16.4. The maximum atomic E-state index is 5.42. The van der Waals surface area contributed by atoms with Gasteiger partial charge in [-0.3, -0.25) is 9.36 Å². The number of aryl methyl sites for hydroxylation is 3. The van der Waals surface area contributed by atoms with E-state index in [0.29, 0.717) is 11.7 Å². The molecule has 136 valence electrons. The molecule has 2 aromatic heterocycles. The Morgan fingerprint density at radius 3 is 2.46 bits per heavy atom. The molecule has 1 aromatic carbocycles. The molecule has 3 aromatic rings. The second kappa shape index (κ2) is 7.70. The van der Waals surface area contributed by atoms with Crippen LogP contribution in [-0.2, 0) is 20.1 Å². The number of hydrogen-bond donors (Lipinski definition) is 2. The molecule has 26 heavy (non-hydrogen) atoms. The van der Waals surface area contributed by atoms with Crippen LogP contribution < -0.4 is 10.6 Å². The third-order valence-corrected chi connectivity index (χ3v) is 4.52. The minimum Gasteiger partial charge on any atom is -0.357 e. The van der Waals surface area contributed by atoms with Gasteiger partial charge in [-0.15, -0.1) is 0 Å². The van der Waals surface area contributed by atoms with Crippen LogP contribution in [0.4, 0.5) is 5.69 Å². The third kappa shape index (κ3) is 4.29. The first-order valence-electron chi connectivity index (χ1n) is 8.55. The molecule has 3 rings (SSSR count). The molecular formula is C19H24N6S. The van der Waals surface area contributed by atoms with Crippen molar-refractivity contribution < 1.29 is 0 Å². The van der Waals surface area contributed by atoms with Crippen molar-refractivity contribution in [3.05, 3.63) is 64.7 Å². The average molecular weight is 369 g/mol. The molecule has 0 aliphatic heterocycles. The summed E-state index contributed by atoms with van der Waals surface area (Å²) >= 11 is 5.42. The molecule has 0 bridgehead atoms. The van der Waals surface area contributed by atoms with Crippen LogP contribution in [-0.4, -0.2) is 24.7 Å². The van der Waals surface area contributed by atoms with Gasteiger partial charge < -0.3 is 10.6 Å². The molecule has 2 heterocycles. The molecule has 0 aliphatic rings. The van der Waals surface area contributed by atoms with Crippen LogP contribution in [0.5, 0.6) is 0 Å². The number of aromatic nitrogens is 4. The molecule has 0 fully saturated rings. The number of rotatable bonds is 5. The lowest BCUT2D eigenvalue weighted by molar-refractivity contribution is 0.659. The van der Waals surface area contributed by atoms with Gasteiger partial charge in [-0.25, -0.2) is 0 Å². The van der Waals surface area contributed by atoms with Crippen LogP contribution in [0.1, 0.15) is 28.2 Å². The average Bonchev–Trinajstić information content (AvgIpc) is 3.13. The van der Waals surface area contributed by atoms with E-state index in [0.717, 1.165) is 29.3 Å². The van der Waals surface area contributed by atoms with Gasteiger partial charge in [-0.1, -0.05) is 29.8 Å². The third-order valence-electron chi connectivity index (χ3n) is 4.27. The SMILES string of the molecule is Cc1ccc(Cn2nc(C)c(NC(=S)NCc3ccn(C)n3)c2C)cc1. The molecule has 7 heteroatoms. The number of benzene rings is 1. The minimum absolute atomic E-state index is 0.566. The summed E-state index contributed by atoms with van der Waals surface area (Å²) in [5, 5.41) is 16.0. The van der Waals surface area contributed by atoms with Crippen LogP contribution in [0.2, 0.25) is 0 Å². The van der Waals surface area contributed by atoms with Gasteiger partial charge >= 0.3 is 0 Å². The molecular weight excluding hydrogens is 344 g/mol. The van der Waals surface area contributed by atoms with Gasteiger partial charge in [0.1, 0.15) is 0 Å². The second-order valence-corrected chi connectivity index (χ2v) is 6.89. The number of hydrogen-bond acceptors (Lipinski definition) is 3. The molecule has 0 atom stereocenters. The summed E-state index contributed by atoms with van der Waals surface area (Å²) < 4.78 is 3.78. The van der Waals surface area contributed by atoms with Crippen molar-refractivity contribution in [1.29, 1.82) is 0 Å². The smallest absolute Gasteiger partial charge is 0.171 e. The van der Waals surface area contributed by atoms with E-state index in [1.807, 2.05) is 30.9 Å². The topological polar surface area (TPSA) is 59.7 Å². The molecule has 0 unspecified atom stereocenters. The fraction of sp³-hybridized carbons (Fsp3) is 0.316. The predicted molar refractivity (Wildman–Crippen MR) is 108 cm³/mol. The Bertz CT molecular complexity index is 907. The van der Waals surface area contributed by atoms with Crippen molar-refractivity contribution in [1.82, 2.24) is 24.9 Å². The molecule has 2 N–H and O–H groups in total. The zero-order chi connectivity index (χ0) is 18.7. The lowest BCUT2D eigenvalue weighted by Crippen LogP contribution is -2.28. The maximum absolute atomic E-state index is 5.42. The first kappa shape index (κ1) is 18.1. The Hall–Kier alpha value is -2.67. The molecule has 0 spiro atoms. The summed E-state index contributed by atoms with van der Waals surface area (Å²) in [7, 11) is 1.90. The summed E-state index contributed by atoms with van der Waals surface area (Å²) in [4.78, 5) is 0. The molecule has 0 aliphatic carbocycles. The Balaban J connectivity index is 1.65. The number of anilines is 1. The van der Waals surface area contributed by atoms with Crippen LogP contribution >= 0.6 is 12.2 Å². The quantitative estimate of drug-likeness (QED) is 0.678. The van der Waals surface area contributed by atoms with Crippen LogP contribution in [0, 0.1) is 20.8 Å². The van der Waals surface area contributed by atoms with Crippen LogP contribution in [0.25, 0.3) is 0 Å².